The van der Waals surface area contributed by atoms with Gasteiger partial charge in [-0.3, -0.25) is 10.1 Å². The van der Waals surface area contributed by atoms with Crippen molar-refractivity contribution < 1.29 is 13.7 Å². The number of anilines is 1. The average Bonchev–Trinajstić information content (AvgIpc) is 2.37. The van der Waals surface area contributed by atoms with Crippen molar-refractivity contribution in [2.75, 3.05) is 5.73 Å². The lowest BCUT2D eigenvalue weighted by molar-refractivity contribution is -0.387. The van der Waals surface area contributed by atoms with Crippen LogP contribution in [-0.4, -0.2) is 14.9 Å². The van der Waals surface area contributed by atoms with Crippen LogP contribution in [-0.2, 0) is 0 Å². The number of hydrogen-bond acceptors (Lipinski definition) is 5. The Morgan fingerprint density at radius 2 is 1.95 bits per heavy atom. The van der Waals surface area contributed by atoms with Crippen LogP contribution in [0.5, 0.6) is 0 Å². The van der Waals surface area contributed by atoms with E-state index in [1.807, 2.05) is 13.8 Å². The molecule has 0 fully saturated rings. The van der Waals surface area contributed by atoms with Crippen LogP contribution in [0.15, 0.2) is 18.2 Å². The summed E-state index contributed by atoms with van der Waals surface area (Å²) in [6.07, 6.45) is 0. The lowest BCUT2D eigenvalue weighted by Gasteiger charge is -2.09. The van der Waals surface area contributed by atoms with E-state index in [9.17, 15) is 18.9 Å². The fraction of sp³-hybridized carbons (Fsp3) is 0.231. The molecule has 0 saturated carbocycles. The van der Waals surface area contributed by atoms with Crippen LogP contribution >= 0.6 is 0 Å². The van der Waals surface area contributed by atoms with Gasteiger partial charge < -0.3 is 5.73 Å². The van der Waals surface area contributed by atoms with Crippen LogP contribution in [0.2, 0.25) is 0 Å². The minimum Gasteiger partial charge on any atom is -0.384 e. The molecule has 1 aromatic heterocycles. The summed E-state index contributed by atoms with van der Waals surface area (Å²) in [6, 6.07) is 3.04. The van der Waals surface area contributed by atoms with Gasteiger partial charge in [0.25, 0.3) is 0 Å². The monoisotopic (exact) mass is 294 g/mol. The zero-order chi connectivity index (χ0) is 15.7. The molecule has 110 valence electrons. The largest absolute Gasteiger partial charge is 0.384 e. The van der Waals surface area contributed by atoms with E-state index in [0.717, 1.165) is 12.1 Å². The molecule has 21 heavy (non-hydrogen) atoms. The van der Waals surface area contributed by atoms with E-state index in [2.05, 4.69) is 9.97 Å². The van der Waals surface area contributed by atoms with Gasteiger partial charge in [0.2, 0.25) is 5.82 Å². The third-order valence-corrected chi connectivity index (χ3v) is 2.85. The van der Waals surface area contributed by atoms with Crippen LogP contribution in [0.3, 0.4) is 0 Å². The molecule has 2 rings (SSSR count). The van der Waals surface area contributed by atoms with Crippen LogP contribution in [0.4, 0.5) is 20.3 Å². The number of aromatic nitrogens is 2. The summed E-state index contributed by atoms with van der Waals surface area (Å²) in [5, 5.41) is 10.7. The Morgan fingerprint density at radius 1 is 1.29 bits per heavy atom. The zero-order valence-electron chi connectivity index (χ0n) is 11.3. The van der Waals surface area contributed by atoms with Crippen molar-refractivity contribution in [1.82, 2.24) is 9.97 Å². The maximum atomic E-state index is 14.1. The molecule has 0 aliphatic rings. The van der Waals surface area contributed by atoms with Gasteiger partial charge in [-0.25, -0.2) is 14.4 Å². The van der Waals surface area contributed by atoms with Gasteiger partial charge in [0.1, 0.15) is 11.6 Å². The summed E-state index contributed by atoms with van der Waals surface area (Å²) in [5.41, 5.74) is 4.59. The molecular formula is C13H12F2N4O2. The van der Waals surface area contributed by atoms with E-state index in [0.29, 0.717) is 5.69 Å². The van der Waals surface area contributed by atoms with Gasteiger partial charge >= 0.3 is 5.69 Å². The molecule has 0 aliphatic carbocycles. The summed E-state index contributed by atoms with van der Waals surface area (Å²) < 4.78 is 28.0. The number of nitrogens with two attached hydrogens (primary N) is 1. The van der Waals surface area contributed by atoms with Crippen LogP contribution < -0.4 is 5.73 Å². The number of nitrogen functional groups attached to an aromatic ring is 1. The second kappa shape index (κ2) is 5.39. The molecule has 0 unspecified atom stereocenters. The first-order valence-corrected chi connectivity index (χ1v) is 6.08. The van der Waals surface area contributed by atoms with Crippen molar-refractivity contribution in [1.29, 1.82) is 0 Å². The van der Waals surface area contributed by atoms with Gasteiger partial charge in [0.05, 0.1) is 10.5 Å². The first kappa shape index (κ1) is 14.8. The van der Waals surface area contributed by atoms with Crippen molar-refractivity contribution >= 4 is 11.5 Å². The van der Waals surface area contributed by atoms with Crippen molar-refractivity contribution in [3.8, 4) is 11.4 Å². The van der Waals surface area contributed by atoms with Gasteiger partial charge in [-0.15, -0.1) is 0 Å². The minimum absolute atomic E-state index is 0.0361. The molecule has 0 aliphatic heterocycles. The van der Waals surface area contributed by atoms with Crippen molar-refractivity contribution in [3.63, 3.8) is 0 Å². The van der Waals surface area contributed by atoms with E-state index in [4.69, 9.17) is 5.73 Å². The number of nitro groups is 1. The summed E-state index contributed by atoms with van der Waals surface area (Å²) in [7, 11) is 0. The molecule has 6 nitrogen and oxygen atoms in total. The topological polar surface area (TPSA) is 94.9 Å². The Hall–Kier alpha value is -2.64. The Bertz CT molecular complexity index is 720. The number of nitro benzene ring substituents is 1. The Morgan fingerprint density at radius 3 is 2.52 bits per heavy atom. The molecule has 0 amide bonds. The quantitative estimate of drug-likeness (QED) is 0.693. The van der Waals surface area contributed by atoms with Gasteiger partial charge in [0, 0.05) is 17.8 Å². The van der Waals surface area contributed by atoms with E-state index in [1.165, 1.54) is 6.07 Å². The lowest BCUT2D eigenvalue weighted by Crippen LogP contribution is -2.05. The molecule has 0 bridgehead atoms. The number of rotatable bonds is 3. The highest BCUT2D eigenvalue weighted by molar-refractivity contribution is 5.63. The maximum Gasteiger partial charge on any atom is 0.305 e. The second-order valence-corrected chi connectivity index (χ2v) is 4.71. The fourth-order valence-corrected chi connectivity index (χ4v) is 1.78. The SMILES string of the molecule is CC(C)c1cc(N)nc(-c2c(F)ccc([N+](=O)[O-])c2F)n1. The maximum absolute atomic E-state index is 14.1. The predicted molar refractivity (Wildman–Crippen MR) is 72.5 cm³/mol. The van der Waals surface area contributed by atoms with E-state index in [-0.39, 0.29) is 17.6 Å². The van der Waals surface area contributed by atoms with E-state index < -0.39 is 27.8 Å². The second-order valence-electron chi connectivity index (χ2n) is 4.71. The molecule has 2 N–H and O–H groups in total. The number of halogens is 2. The molecule has 1 aromatic carbocycles. The van der Waals surface area contributed by atoms with Crippen LogP contribution in [0, 0.1) is 21.7 Å². The number of benzene rings is 1. The van der Waals surface area contributed by atoms with E-state index in [1.54, 1.807) is 0 Å². The highest BCUT2D eigenvalue weighted by Gasteiger charge is 2.25. The number of hydrogen-bond donors (Lipinski definition) is 1. The first-order valence-electron chi connectivity index (χ1n) is 6.08. The Balaban J connectivity index is 2.72. The van der Waals surface area contributed by atoms with Gasteiger partial charge in [-0.1, -0.05) is 13.8 Å². The highest BCUT2D eigenvalue weighted by Crippen LogP contribution is 2.30. The molecule has 0 radical (unpaired) electrons. The first-order chi connectivity index (χ1) is 9.81. The Labute approximate surface area is 118 Å². The molecule has 0 atom stereocenters. The standard InChI is InChI=1S/C13H12F2N4O2/c1-6(2)8-5-10(16)18-13(17-8)11-7(14)3-4-9(12(11)15)19(20)21/h3-6H,1-2H3,(H2,16,17,18). The van der Waals surface area contributed by atoms with Crippen LogP contribution in [0.1, 0.15) is 25.5 Å². The molecule has 0 saturated heterocycles. The van der Waals surface area contributed by atoms with Gasteiger partial charge in [0.15, 0.2) is 5.82 Å². The fourth-order valence-electron chi connectivity index (χ4n) is 1.78. The average molecular weight is 294 g/mol. The molecular weight excluding hydrogens is 282 g/mol. The van der Waals surface area contributed by atoms with Gasteiger partial charge in [-0.05, 0) is 12.0 Å². The van der Waals surface area contributed by atoms with Crippen LogP contribution in [0.25, 0.3) is 11.4 Å². The predicted octanol–water partition coefficient (Wildman–Crippen LogP) is 3.04. The summed E-state index contributed by atoms with van der Waals surface area (Å²) in [5.74, 6) is -2.62. The smallest absolute Gasteiger partial charge is 0.305 e. The van der Waals surface area contributed by atoms with Crippen molar-refractivity contribution in [2.45, 2.75) is 19.8 Å². The normalized spacial score (nSPS) is 10.9. The zero-order valence-corrected chi connectivity index (χ0v) is 11.3. The summed E-state index contributed by atoms with van der Waals surface area (Å²) >= 11 is 0. The molecule has 2 aromatic rings. The third kappa shape index (κ3) is 2.78. The Kier molecular flexibility index (Phi) is 3.79. The minimum atomic E-state index is -1.32. The number of nitrogens with zero attached hydrogens (tertiary/aromatic N) is 3. The van der Waals surface area contributed by atoms with Crippen molar-refractivity contribution in [2.24, 2.45) is 0 Å². The molecule has 0 spiro atoms. The lowest BCUT2D eigenvalue weighted by atomic mass is 10.1. The van der Waals surface area contributed by atoms with Gasteiger partial charge in [-0.2, -0.15) is 4.39 Å². The van der Waals surface area contributed by atoms with Crippen molar-refractivity contribution in [3.05, 3.63) is 45.6 Å². The third-order valence-electron chi connectivity index (χ3n) is 2.85. The van der Waals surface area contributed by atoms with E-state index >= 15 is 0 Å². The molecule has 8 heteroatoms. The summed E-state index contributed by atoms with van der Waals surface area (Å²) in [4.78, 5) is 17.6. The summed E-state index contributed by atoms with van der Waals surface area (Å²) in [6.45, 7) is 3.65. The molecule has 1 heterocycles. The highest BCUT2D eigenvalue weighted by atomic mass is 19.1.